The molecule has 0 bridgehead atoms. The topological polar surface area (TPSA) is 83.6 Å². The van der Waals surface area contributed by atoms with Crippen molar-refractivity contribution in [3.8, 4) is 0 Å². The molecule has 2 aromatic carbocycles. The van der Waals surface area contributed by atoms with E-state index in [4.69, 9.17) is 11.6 Å². The zero-order chi connectivity index (χ0) is 19.8. The molecule has 27 heavy (non-hydrogen) atoms. The Morgan fingerprint density at radius 2 is 1.89 bits per heavy atom. The van der Waals surface area contributed by atoms with E-state index in [0.717, 1.165) is 6.08 Å². The summed E-state index contributed by atoms with van der Waals surface area (Å²) in [6, 6.07) is 10.3. The molecule has 1 unspecified atom stereocenters. The van der Waals surface area contributed by atoms with Crippen LogP contribution in [0.15, 0.2) is 60.0 Å². The highest BCUT2D eigenvalue weighted by molar-refractivity contribution is 7.91. The summed E-state index contributed by atoms with van der Waals surface area (Å²) in [6.07, 6.45) is 1.15. The standard InChI is InChI=1S/C19H17ClN2O4S/c1-3-18(23)21-14-7-4-12(5-8-14)19(24)22(2)16-11-27(25,26)17-9-6-13(20)10-15(16)17/h3-10,16H,1,11H2,2H3,(H,21,23). The summed E-state index contributed by atoms with van der Waals surface area (Å²) in [5.74, 6) is -0.862. The van der Waals surface area contributed by atoms with Gasteiger partial charge in [-0.15, -0.1) is 0 Å². The minimum Gasteiger partial charge on any atom is -0.334 e. The summed E-state index contributed by atoms with van der Waals surface area (Å²) >= 11 is 6.01. The van der Waals surface area contributed by atoms with Crippen molar-refractivity contribution >= 4 is 38.9 Å². The Morgan fingerprint density at radius 3 is 2.52 bits per heavy atom. The fourth-order valence-corrected chi connectivity index (χ4v) is 5.01. The Labute approximate surface area is 162 Å². The Morgan fingerprint density at radius 1 is 1.22 bits per heavy atom. The fraction of sp³-hybridized carbons (Fsp3) is 0.158. The van der Waals surface area contributed by atoms with E-state index in [1.54, 1.807) is 37.4 Å². The normalized spacial score (nSPS) is 17.0. The summed E-state index contributed by atoms with van der Waals surface area (Å²) in [5, 5.41) is 3.01. The van der Waals surface area contributed by atoms with Gasteiger partial charge >= 0.3 is 0 Å². The van der Waals surface area contributed by atoms with Gasteiger partial charge in [-0.3, -0.25) is 9.59 Å². The summed E-state index contributed by atoms with van der Waals surface area (Å²) in [6.45, 7) is 3.37. The first-order chi connectivity index (χ1) is 12.7. The van der Waals surface area contributed by atoms with Crippen LogP contribution in [0.25, 0.3) is 0 Å². The van der Waals surface area contributed by atoms with E-state index in [1.165, 1.54) is 17.0 Å². The Hall–Kier alpha value is -2.64. The van der Waals surface area contributed by atoms with E-state index < -0.39 is 15.9 Å². The molecule has 140 valence electrons. The lowest BCUT2D eigenvalue weighted by Crippen LogP contribution is -2.32. The molecular weight excluding hydrogens is 388 g/mol. The molecule has 0 saturated carbocycles. The van der Waals surface area contributed by atoms with Crippen LogP contribution in [0.3, 0.4) is 0 Å². The van der Waals surface area contributed by atoms with Gasteiger partial charge in [0.05, 0.1) is 16.7 Å². The molecule has 0 radical (unpaired) electrons. The zero-order valence-electron chi connectivity index (χ0n) is 14.5. The lowest BCUT2D eigenvalue weighted by Gasteiger charge is -2.24. The van der Waals surface area contributed by atoms with Crippen LogP contribution in [0.2, 0.25) is 5.02 Å². The predicted octanol–water partition coefficient (Wildman–Crippen LogP) is 3.07. The van der Waals surface area contributed by atoms with Gasteiger partial charge in [0.15, 0.2) is 9.84 Å². The molecule has 0 fully saturated rings. The van der Waals surface area contributed by atoms with E-state index >= 15 is 0 Å². The van der Waals surface area contributed by atoms with Gasteiger partial charge in [0.2, 0.25) is 5.91 Å². The second-order valence-corrected chi connectivity index (χ2v) is 8.61. The molecule has 2 amide bonds. The Kier molecular flexibility index (Phi) is 5.08. The van der Waals surface area contributed by atoms with Gasteiger partial charge in [0.1, 0.15) is 0 Å². The number of amides is 2. The number of rotatable bonds is 4. The van der Waals surface area contributed by atoms with E-state index in [2.05, 4.69) is 11.9 Å². The number of carbonyl (C=O) groups is 2. The summed E-state index contributed by atoms with van der Waals surface area (Å²) in [7, 11) is -1.90. The molecule has 1 aliphatic heterocycles. The molecule has 8 heteroatoms. The average molecular weight is 405 g/mol. The summed E-state index contributed by atoms with van der Waals surface area (Å²) < 4.78 is 24.8. The van der Waals surface area contributed by atoms with Gasteiger partial charge in [-0.05, 0) is 54.1 Å². The Balaban J connectivity index is 1.85. The molecule has 1 N–H and O–H groups in total. The summed E-state index contributed by atoms with van der Waals surface area (Å²) in [5.41, 5.74) is 1.43. The molecule has 3 rings (SSSR count). The maximum absolute atomic E-state index is 12.8. The molecule has 2 aromatic rings. The minimum atomic E-state index is -3.46. The number of benzene rings is 2. The number of nitrogens with one attached hydrogen (secondary N) is 1. The van der Waals surface area contributed by atoms with Gasteiger partial charge in [-0.2, -0.15) is 0 Å². The zero-order valence-corrected chi connectivity index (χ0v) is 16.0. The lowest BCUT2D eigenvalue weighted by atomic mass is 10.1. The van der Waals surface area contributed by atoms with Gasteiger partial charge in [0.25, 0.3) is 5.91 Å². The molecular formula is C19H17ClN2O4S. The van der Waals surface area contributed by atoms with Crippen LogP contribution in [0, 0.1) is 0 Å². The minimum absolute atomic E-state index is 0.182. The molecule has 6 nitrogen and oxygen atoms in total. The number of nitrogens with zero attached hydrogens (tertiary/aromatic N) is 1. The first-order valence-corrected chi connectivity index (χ1v) is 10.1. The second-order valence-electron chi connectivity index (χ2n) is 6.17. The highest BCUT2D eigenvalue weighted by Gasteiger charge is 2.38. The average Bonchev–Trinajstić information content (AvgIpc) is 2.91. The molecule has 0 spiro atoms. The van der Waals surface area contributed by atoms with Crippen molar-refractivity contribution in [2.24, 2.45) is 0 Å². The van der Waals surface area contributed by atoms with Gasteiger partial charge < -0.3 is 10.2 Å². The van der Waals surface area contributed by atoms with Crippen molar-refractivity contribution in [1.82, 2.24) is 4.90 Å². The van der Waals surface area contributed by atoms with Crippen LogP contribution in [-0.4, -0.2) is 37.9 Å². The number of fused-ring (bicyclic) bond motifs is 1. The van der Waals surface area contributed by atoms with Crippen molar-refractivity contribution < 1.29 is 18.0 Å². The molecule has 1 heterocycles. The van der Waals surface area contributed by atoms with E-state index in [0.29, 0.717) is 21.8 Å². The molecule has 0 aliphatic carbocycles. The van der Waals surface area contributed by atoms with Crippen LogP contribution in [-0.2, 0) is 14.6 Å². The second kappa shape index (κ2) is 7.17. The van der Waals surface area contributed by atoms with Crippen LogP contribution in [0.4, 0.5) is 5.69 Å². The number of carbonyl (C=O) groups excluding carboxylic acids is 2. The smallest absolute Gasteiger partial charge is 0.254 e. The predicted molar refractivity (Wildman–Crippen MR) is 104 cm³/mol. The lowest BCUT2D eigenvalue weighted by molar-refractivity contribution is -0.111. The van der Waals surface area contributed by atoms with Gasteiger partial charge in [-0.25, -0.2) is 8.42 Å². The third kappa shape index (κ3) is 3.74. The summed E-state index contributed by atoms with van der Waals surface area (Å²) in [4.78, 5) is 25.7. The van der Waals surface area contributed by atoms with Crippen molar-refractivity contribution in [2.45, 2.75) is 10.9 Å². The first-order valence-electron chi connectivity index (χ1n) is 8.06. The van der Waals surface area contributed by atoms with Gasteiger partial charge in [0, 0.05) is 23.3 Å². The molecule has 1 atom stereocenters. The van der Waals surface area contributed by atoms with Crippen molar-refractivity contribution in [1.29, 1.82) is 0 Å². The maximum atomic E-state index is 12.8. The van der Waals surface area contributed by atoms with Crippen LogP contribution in [0.1, 0.15) is 22.0 Å². The third-order valence-electron chi connectivity index (χ3n) is 4.42. The van der Waals surface area contributed by atoms with E-state index in [1.807, 2.05) is 0 Å². The SMILES string of the molecule is C=CC(=O)Nc1ccc(C(=O)N(C)C2CS(=O)(=O)c3ccc(Cl)cc32)cc1. The van der Waals surface area contributed by atoms with Crippen LogP contribution < -0.4 is 5.32 Å². The Bertz CT molecular complexity index is 1030. The molecule has 1 aliphatic rings. The number of anilines is 1. The van der Waals surface area contributed by atoms with Crippen LogP contribution in [0.5, 0.6) is 0 Å². The fourth-order valence-electron chi connectivity index (χ4n) is 3.01. The maximum Gasteiger partial charge on any atom is 0.254 e. The van der Waals surface area contributed by atoms with Crippen molar-refractivity contribution in [3.63, 3.8) is 0 Å². The molecule has 0 saturated heterocycles. The van der Waals surface area contributed by atoms with Crippen LogP contribution >= 0.6 is 11.6 Å². The number of sulfone groups is 1. The van der Waals surface area contributed by atoms with Crippen molar-refractivity contribution in [3.05, 3.63) is 71.3 Å². The highest BCUT2D eigenvalue weighted by Crippen LogP contribution is 2.38. The monoisotopic (exact) mass is 404 g/mol. The molecule has 0 aromatic heterocycles. The van der Waals surface area contributed by atoms with Crippen molar-refractivity contribution in [2.75, 3.05) is 18.1 Å². The largest absolute Gasteiger partial charge is 0.334 e. The van der Waals surface area contributed by atoms with E-state index in [-0.39, 0.29) is 22.5 Å². The van der Waals surface area contributed by atoms with Gasteiger partial charge in [-0.1, -0.05) is 18.2 Å². The number of halogens is 1. The number of hydrogen-bond acceptors (Lipinski definition) is 4. The van der Waals surface area contributed by atoms with E-state index in [9.17, 15) is 18.0 Å². The first kappa shape index (κ1) is 19.1. The number of hydrogen-bond donors (Lipinski definition) is 1. The third-order valence-corrected chi connectivity index (χ3v) is 6.45. The quantitative estimate of drug-likeness (QED) is 0.794. The highest BCUT2D eigenvalue weighted by atomic mass is 35.5.